The molecule has 0 bridgehead atoms. The molecule has 0 saturated heterocycles. The predicted octanol–water partition coefficient (Wildman–Crippen LogP) is 9.56. The van der Waals surface area contributed by atoms with Crippen molar-refractivity contribution in [2.75, 3.05) is 0 Å². The molecule has 0 fully saturated rings. The first-order chi connectivity index (χ1) is 18.8. The van der Waals surface area contributed by atoms with Gasteiger partial charge in [-0.3, -0.25) is 0 Å². The number of nitrogens with zero attached hydrogens (tertiary/aromatic N) is 1. The van der Waals surface area contributed by atoms with Gasteiger partial charge in [-0.1, -0.05) is 78.9 Å². The third-order valence-corrected chi connectivity index (χ3v) is 8.00. The molecule has 1 aliphatic carbocycles. The van der Waals surface area contributed by atoms with E-state index in [1.165, 1.54) is 71.9 Å². The molecule has 0 unspecified atom stereocenters. The molecule has 0 atom stereocenters. The van der Waals surface area contributed by atoms with Gasteiger partial charge < -0.3 is 9.55 Å². The smallest absolute Gasteiger partial charge is 0.0541 e. The summed E-state index contributed by atoms with van der Waals surface area (Å²) in [5.41, 5.74) is 12.5. The summed E-state index contributed by atoms with van der Waals surface area (Å²) < 4.78 is 2.38. The van der Waals surface area contributed by atoms with Crippen LogP contribution in [0.1, 0.15) is 17.7 Å². The molecule has 1 N–H and O–H groups in total. The standard InChI is InChI=1S/C36H26N2/c1-4-16-33-29(13-1)32-23-27(19-20-34(32)37-33)25-10-7-9-24(21-25)26-11-8-12-28(22-26)38-35-17-5-2-14-30(35)31-15-3-6-18-36(31)38/h2-12,14-23,37H,1,13H2. The number of aromatic nitrogens is 2. The summed E-state index contributed by atoms with van der Waals surface area (Å²) in [5.74, 6) is 0. The van der Waals surface area contributed by atoms with Crippen LogP contribution in [-0.4, -0.2) is 9.55 Å². The van der Waals surface area contributed by atoms with E-state index in [1.807, 2.05) is 0 Å². The minimum atomic E-state index is 1.10. The number of hydrogen-bond acceptors (Lipinski definition) is 0. The van der Waals surface area contributed by atoms with Gasteiger partial charge in [0.1, 0.15) is 0 Å². The SMILES string of the molecule is C1=Cc2[nH]c3ccc(-c4cccc(-c5cccc(-n6c7ccccc7c7ccccc76)c5)c4)cc3c2CC1. The maximum absolute atomic E-state index is 3.59. The predicted molar refractivity (Wildman–Crippen MR) is 161 cm³/mol. The summed E-state index contributed by atoms with van der Waals surface area (Å²) in [5, 5.41) is 3.92. The average molecular weight is 487 g/mol. The molecule has 2 heterocycles. The Balaban J connectivity index is 1.24. The molecule has 0 spiro atoms. The van der Waals surface area contributed by atoms with Crippen LogP contribution >= 0.6 is 0 Å². The number of aryl methyl sites for hydroxylation is 1. The second-order valence-electron chi connectivity index (χ2n) is 10.2. The Morgan fingerprint density at radius 3 is 1.97 bits per heavy atom. The van der Waals surface area contributed by atoms with Gasteiger partial charge in [0.2, 0.25) is 0 Å². The monoisotopic (exact) mass is 486 g/mol. The zero-order chi connectivity index (χ0) is 25.1. The van der Waals surface area contributed by atoms with Crippen molar-refractivity contribution in [3.63, 3.8) is 0 Å². The number of para-hydroxylation sites is 2. The van der Waals surface area contributed by atoms with Crippen molar-refractivity contribution < 1.29 is 0 Å². The highest BCUT2D eigenvalue weighted by molar-refractivity contribution is 6.09. The molecule has 7 aromatic rings. The number of fused-ring (bicyclic) bond motifs is 6. The molecule has 8 rings (SSSR count). The Bertz CT molecular complexity index is 1980. The summed E-state index contributed by atoms with van der Waals surface area (Å²) in [7, 11) is 0. The molecule has 0 aliphatic heterocycles. The molecule has 2 aromatic heterocycles. The number of hydrogen-bond donors (Lipinski definition) is 1. The van der Waals surface area contributed by atoms with Gasteiger partial charge in [0.15, 0.2) is 0 Å². The van der Waals surface area contributed by atoms with E-state index in [0.29, 0.717) is 0 Å². The fourth-order valence-electron chi connectivity index (χ4n) is 6.19. The molecule has 0 saturated carbocycles. The average Bonchev–Trinajstić information content (AvgIpc) is 3.53. The minimum absolute atomic E-state index is 1.10. The Morgan fingerprint density at radius 1 is 0.553 bits per heavy atom. The summed E-state index contributed by atoms with van der Waals surface area (Å²) in [6, 6.07) is 42.1. The molecule has 38 heavy (non-hydrogen) atoms. The largest absolute Gasteiger partial charge is 0.355 e. The van der Waals surface area contributed by atoms with E-state index in [0.717, 1.165) is 12.8 Å². The molecule has 5 aromatic carbocycles. The van der Waals surface area contributed by atoms with Crippen LogP contribution in [0, 0.1) is 0 Å². The summed E-state index contributed by atoms with van der Waals surface area (Å²) >= 11 is 0. The third kappa shape index (κ3) is 3.27. The van der Waals surface area contributed by atoms with Gasteiger partial charge in [-0.2, -0.15) is 0 Å². The van der Waals surface area contributed by atoms with E-state index in [9.17, 15) is 0 Å². The first-order valence-electron chi connectivity index (χ1n) is 13.3. The van der Waals surface area contributed by atoms with Gasteiger partial charge in [-0.05, 0) is 89.2 Å². The molecule has 0 amide bonds. The number of allylic oxidation sites excluding steroid dienone is 1. The Hall–Kier alpha value is -4.82. The van der Waals surface area contributed by atoms with Gasteiger partial charge in [0, 0.05) is 33.1 Å². The molecule has 0 radical (unpaired) electrons. The summed E-state index contributed by atoms with van der Waals surface area (Å²) in [4.78, 5) is 3.59. The Kier molecular flexibility index (Phi) is 4.68. The number of nitrogens with one attached hydrogen (secondary N) is 1. The van der Waals surface area contributed by atoms with E-state index in [1.54, 1.807) is 0 Å². The zero-order valence-electron chi connectivity index (χ0n) is 21.0. The van der Waals surface area contributed by atoms with Crippen molar-refractivity contribution in [3.05, 3.63) is 133 Å². The van der Waals surface area contributed by atoms with Crippen LogP contribution in [0.4, 0.5) is 0 Å². The topological polar surface area (TPSA) is 20.7 Å². The van der Waals surface area contributed by atoms with Crippen molar-refractivity contribution in [1.82, 2.24) is 9.55 Å². The second-order valence-corrected chi connectivity index (χ2v) is 10.2. The number of rotatable bonds is 3. The number of aromatic amines is 1. The highest BCUT2D eigenvalue weighted by Gasteiger charge is 2.14. The lowest BCUT2D eigenvalue weighted by atomic mass is 9.96. The van der Waals surface area contributed by atoms with Gasteiger partial charge >= 0.3 is 0 Å². The fourth-order valence-corrected chi connectivity index (χ4v) is 6.19. The number of benzene rings is 5. The van der Waals surface area contributed by atoms with E-state index < -0.39 is 0 Å². The van der Waals surface area contributed by atoms with E-state index >= 15 is 0 Å². The van der Waals surface area contributed by atoms with Gasteiger partial charge in [0.05, 0.1) is 11.0 Å². The van der Waals surface area contributed by atoms with E-state index in [-0.39, 0.29) is 0 Å². The Labute approximate surface area is 221 Å². The lowest BCUT2D eigenvalue weighted by molar-refractivity contribution is 0.992. The summed E-state index contributed by atoms with van der Waals surface area (Å²) in [6.07, 6.45) is 6.70. The maximum Gasteiger partial charge on any atom is 0.0541 e. The van der Waals surface area contributed by atoms with Crippen LogP contribution < -0.4 is 0 Å². The minimum Gasteiger partial charge on any atom is -0.355 e. The zero-order valence-corrected chi connectivity index (χ0v) is 21.0. The molecule has 2 nitrogen and oxygen atoms in total. The molecule has 2 heteroatoms. The first kappa shape index (κ1) is 21.3. The normalized spacial score (nSPS) is 12.9. The highest BCUT2D eigenvalue weighted by Crippen LogP contribution is 2.35. The molecular weight excluding hydrogens is 460 g/mol. The second kappa shape index (κ2) is 8.36. The number of H-pyrrole nitrogens is 1. The van der Waals surface area contributed by atoms with Crippen molar-refractivity contribution in [2.45, 2.75) is 12.8 Å². The molecule has 1 aliphatic rings. The quantitative estimate of drug-likeness (QED) is 0.257. The van der Waals surface area contributed by atoms with Gasteiger partial charge in [-0.15, -0.1) is 0 Å². The van der Waals surface area contributed by atoms with Crippen molar-refractivity contribution in [2.24, 2.45) is 0 Å². The van der Waals surface area contributed by atoms with Gasteiger partial charge in [-0.25, -0.2) is 0 Å². The maximum atomic E-state index is 3.59. The van der Waals surface area contributed by atoms with Crippen LogP contribution in [-0.2, 0) is 6.42 Å². The summed E-state index contributed by atoms with van der Waals surface area (Å²) in [6.45, 7) is 0. The van der Waals surface area contributed by atoms with Crippen LogP contribution in [0.2, 0.25) is 0 Å². The lowest BCUT2D eigenvalue weighted by Crippen LogP contribution is -1.94. The molecular formula is C36H26N2. The van der Waals surface area contributed by atoms with Crippen molar-refractivity contribution in [1.29, 1.82) is 0 Å². The Morgan fingerprint density at radius 2 is 1.21 bits per heavy atom. The fraction of sp³-hybridized carbons (Fsp3) is 0.0556. The van der Waals surface area contributed by atoms with E-state index in [4.69, 9.17) is 0 Å². The van der Waals surface area contributed by atoms with Gasteiger partial charge in [0.25, 0.3) is 0 Å². The van der Waals surface area contributed by atoms with Crippen LogP contribution in [0.5, 0.6) is 0 Å². The van der Waals surface area contributed by atoms with Crippen molar-refractivity contribution >= 4 is 38.8 Å². The van der Waals surface area contributed by atoms with Crippen LogP contribution in [0.15, 0.2) is 121 Å². The third-order valence-electron chi connectivity index (χ3n) is 8.00. The lowest BCUT2D eigenvalue weighted by Gasteiger charge is -2.11. The molecule has 180 valence electrons. The highest BCUT2D eigenvalue weighted by atomic mass is 15.0. The van der Waals surface area contributed by atoms with Crippen molar-refractivity contribution in [3.8, 4) is 27.9 Å². The van der Waals surface area contributed by atoms with Crippen LogP contribution in [0.25, 0.3) is 66.7 Å². The van der Waals surface area contributed by atoms with Crippen LogP contribution in [0.3, 0.4) is 0 Å². The first-order valence-corrected chi connectivity index (χ1v) is 13.3. The van der Waals surface area contributed by atoms with E-state index in [2.05, 4.69) is 137 Å².